The van der Waals surface area contributed by atoms with Crippen LogP contribution in [0.2, 0.25) is 0 Å². The number of aliphatic hydroxyl groups is 3. The molecule has 0 radical (unpaired) electrons. The first-order chi connectivity index (χ1) is 5.22. The minimum atomic E-state index is -0.424. The molecule has 0 rings (SSSR count). The lowest BCUT2D eigenvalue weighted by Gasteiger charge is -2.15. The molecule has 0 aromatic rings. The topological polar surface area (TPSA) is 60.7 Å². The van der Waals surface area contributed by atoms with Gasteiger partial charge in [-0.05, 0) is 19.3 Å². The van der Waals surface area contributed by atoms with E-state index in [2.05, 4.69) is 0 Å². The van der Waals surface area contributed by atoms with Gasteiger partial charge in [0.1, 0.15) is 0 Å². The molecule has 2 atom stereocenters. The van der Waals surface area contributed by atoms with Crippen LogP contribution in [0.15, 0.2) is 0 Å². The number of rotatable bonds is 6. The van der Waals surface area contributed by atoms with E-state index in [0.29, 0.717) is 6.42 Å². The first-order valence-electron chi connectivity index (χ1n) is 4.12. The molecule has 0 heterocycles. The van der Waals surface area contributed by atoms with Crippen LogP contribution in [-0.2, 0) is 0 Å². The zero-order chi connectivity index (χ0) is 8.69. The second-order valence-electron chi connectivity index (χ2n) is 2.95. The second-order valence-corrected chi connectivity index (χ2v) is 2.95. The van der Waals surface area contributed by atoms with Gasteiger partial charge in [0.05, 0.1) is 6.10 Å². The summed E-state index contributed by atoms with van der Waals surface area (Å²) in [5.74, 6) is -0.0475. The van der Waals surface area contributed by atoms with E-state index < -0.39 is 6.10 Å². The van der Waals surface area contributed by atoms with Gasteiger partial charge in [-0.15, -0.1) is 0 Å². The quantitative estimate of drug-likeness (QED) is 0.487. The normalized spacial score (nSPS) is 16.4. The molecule has 0 amide bonds. The van der Waals surface area contributed by atoms with E-state index in [1.807, 2.05) is 6.92 Å². The zero-order valence-corrected chi connectivity index (χ0v) is 7.03. The fourth-order valence-electron chi connectivity index (χ4n) is 0.871. The van der Waals surface area contributed by atoms with Gasteiger partial charge in [0.25, 0.3) is 0 Å². The molecule has 0 aliphatic carbocycles. The van der Waals surface area contributed by atoms with E-state index in [0.717, 1.165) is 12.8 Å². The Morgan fingerprint density at radius 3 is 2.27 bits per heavy atom. The molecule has 0 aliphatic rings. The highest BCUT2D eigenvalue weighted by Gasteiger charge is 2.11. The van der Waals surface area contributed by atoms with Crippen LogP contribution >= 0.6 is 0 Å². The summed E-state index contributed by atoms with van der Waals surface area (Å²) in [6, 6.07) is 0. The number of hydrogen-bond donors (Lipinski definition) is 3. The minimum absolute atomic E-state index is 0.0281. The van der Waals surface area contributed by atoms with Crippen molar-refractivity contribution in [3.63, 3.8) is 0 Å². The standard InChI is InChI=1S/C8H18O3/c1-7(6-10)8(11)4-2-3-5-9/h7-11H,2-6H2,1H3. The Kier molecular flexibility index (Phi) is 6.51. The third-order valence-electron chi connectivity index (χ3n) is 1.85. The van der Waals surface area contributed by atoms with E-state index in [1.54, 1.807) is 0 Å². The third kappa shape index (κ3) is 5.18. The SMILES string of the molecule is CC(CO)C(O)CCCCO. The second kappa shape index (κ2) is 6.58. The molecular formula is C8H18O3. The maximum absolute atomic E-state index is 9.30. The highest BCUT2D eigenvalue weighted by molar-refractivity contribution is 4.62. The van der Waals surface area contributed by atoms with Gasteiger partial charge in [-0.3, -0.25) is 0 Å². The summed E-state index contributed by atoms with van der Waals surface area (Å²) in [6.07, 6.45) is 1.80. The summed E-state index contributed by atoms with van der Waals surface area (Å²) in [6.45, 7) is 2.02. The summed E-state index contributed by atoms with van der Waals surface area (Å²) < 4.78 is 0. The number of hydrogen-bond acceptors (Lipinski definition) is 3. The van der Waals surface area contributed by atoms with Gasteiger partial charge in [0, 0.05) is 19.1 Å². The maximum atomic E-state index is 9.30. The highest BCUT2D eigenvalue weighted by Crippen LogP contribution is 2.09. The molecule has 3 heteroatoms. The van der Waals surface area contributed by atoms with Crippen molar-refractivity contribution in [2.75, 3.05) is 13.2 Å². The van der Waals surface area contributed by atoms with Gasteiger partial charge in [-0.1, -0.05) is 6.92 Å². The number of unbranched alkanes of at least 4 members (excludes halogenated alkanes) is 1. The fourth-order valence-corrected chi connectivity index (χ4v) is 0.871. The summed E-state index contributed by atoms with van der Waals surface area (Å²) in [5.41, 5.74) is 0. The van der Waals surface area contributed by atoms with E-state index in [9.17, 15) is 5.11 Å². The molecular weight excluding hydrogens is 144 g/mol. The van der Waals surface area contributed by atoms with Crippen molar-refractivity contribution < 1.29 is 15.3 Å². The van der Waals surface area contributed by atoms with Crippen LogP contribution in [0.5, 0.6) is 0 Å². The molecule has 0 saturated heterocycles. The molecule has 0 aromatic heterocycles. The van der Waals surface area contributed by atoms with Crippen molar-refractivity contribution in [2.45, 2.75) is 32.3 Å². The van der Waals surface area contributed by atoms with Gasteiger partial charge in [0.15, 0.2) is 0 Å². The lowest BCUT2D eigenvalue weighted by molar-refractivity contribution is 0.0675. The predicted octanol–water partition coefficient (Wildman–Crippen LogP) is 0.138. The first-order valence-corrected chi connectivity index (χ1v) is 4.12. The minimum Gasteiger partial charge on any atom is -0.396 e. The van der Waals surface area contributed by atoms with Crippen molar-refractivity contribution >= 4 is 0 Å². The molecule has 68 valence electrons. The Balaban J connectivity index is 3.28. The summed E-state index contributed by atoms with van der Waals surface area (Å²) in [5, 5.41) is 26.4. The lowest BCUT2D eigenvalue weighted by atomic mass is 10.0. The van der Waals surface area contributed by atoms with Crippen molar-refractivity contribution in [1.82, 2.24) is 0 Å². The van der Waals surface area contributed by atoms with E-state index in [4.69, 9.17) is 10.2 Å². The summed E-state index contributed by atoms with van der Waals surface area (Å²) in [7, 11) is 0. The maximum Gasteiger partial charge on any atom is 0.0587 e. The molecule has 0 aromatic carbocycles. The molecule has 0 fully saturated rings. The molecule has 0 spiro atoms. The zero-order valence-electron chi connectivity index (χ0n) is 7.03. The monoisotopic (exact) mass is 162 g/mol. The Bertz CT molecular complexity index is 85.4. The van der Waals surface area contributed by atoms with Gasteiger partial charge < -0.3 is 15.3 Å². The molecule has 2 unspecified atom stereocenters. The van der Waals surface area contributed by atoms with Gasteiger partial charge in [-0.2, -0.15) is 0 Å². The van der Waals surface area contributed by atoms with Gasteiger partial charge in [-0.25, -0.2) is 0 Å². The van der Waals surface area contributed by atoms with Crippen LogP contribution in [0.3, 0.4) is 0 Å². The van der Waals surface area contributed by atoms with Crippen molar-refractivity contribution in [3.05, 3.63) is 0 Å². The average Bonchev–Trinajstić information content (AvgIpc) is 2.03. The van der Waals surface area contributed by atoms with Crippen molar-refractivity contribution in [2.24, 2.45) is 5.92 Å². The van der Waals surface area contributed by atoms with E-state index >= 15 is 0 Å². The fraction of sp³-hybridized carbons (Fsp3) is 1.00. The van der Waals surface area contributed by atoms with Crippen LogP contribution in [0.25, 0.3) is 0 Å². The number of aliphatic hydroxyl groups excluding tert-OH is 3. The molecule has 0 aliphatic heterocycles. The van der Waals surface area contributed by atoms with Crippen LogP contribution in [-0.4, -0.2) is 34.6 Å². The van der Waals surface area contributed by atoms with Crippen molar-refractivity contribution in [1.29, 1.82) is 0 Å². The first kappa shape index (κ1) is 10.9. The smallest absolute Gasteiger partial charge is 0.0587 e. The van der Waals surface area contributed by atoms with E-state index in [1.165, 1.54) is 0 Å². The molecule has 0 bridgehead atoms. The Hall–Kier alpha value is -0.120. The van der Waals surface area contributed by atoms with Crippen LogP contribution in [0.1, 0.15) is 26.2 Å². The van der Waals surface area contributed by atoms with Gasteiger partial charge in [0.2, 0.25) is 0 Å². The Morgan fingerprint density at radius 1 is 1.18 bits per heavy atom. The largest absolute Gasteiger partial charge is 0.396 e. The van der Waals surface area contributed by atoms with Crippen molar-refractivity contribution in [3.8, 4) is 0 Å². The Labute approximate surface area is 67.7 Å². The molecule has 3 N–H and O–H groups in total. The third-order valence-corrected chi connectivity index (χ3v) is 1.85. The summed E-state index contributed by atoms with van der Waals surface area (Å²) >= 11 is 0. The highest BCUT2D eigenvalue weighted by atomic mass is 16.3. The van der Waals surface area contributed by atoms with Crippen LogP contribution < -0.4 is 0 Å². The molecule has 11 heavy (non-hydrogen) atoms. The van der Waals surface area contributed by atoms with Crippen LogP contribution in [0, 0.1) is 5.92 Å². The Morgan fingerprint density at radius 2 is 1.82 bits per heavy atom. The van der Waals surface area contributed by atoms with E-state index in [-0.39, 0.29) is 19.1 Å². The van der Waals surface area contributed by atoms with Gasteiger partial charge >= 0.3 is 0 Å². The molecule has 0 saturated carbocycles. The average molecular weight is 162 g/mol. The lowest BCUT2D eigenvalue weighted by Crippen LogP contribution is -2.20. The predicted molar refractivity (Wildman–Crippen MR) is 43.2 cm³/mol. The summed E-state index contributed by atoms with van der Waals surface area (Å²) in [4.78, 5) is 0. The van der Waals surface area contributed by atoms with Crippen LogP contribution in [0.4, 0.5) is 0 Å². The molecule has 3 nitrogen and oxygen atoms in total.